The first-order valence-corrected chi connectivity index (χ1v) is 12.1. The molecule has 0 aromatic heterocycles. The van der Waals surface area contributed by atoms with E-state index in [2.05, 4.69) is 13.8 Å². The summed E-state index contributed by atoms with van der Waals surface area (Å²) in [7, 11) is 0. The first-order valence-electron chi connectivity index (χ1n) is 9.22. The molecule has 4 nitrogen and oxygen atoms in total. The van der Waals surface area contributed by atoms with Gasteiger partial charge in [0, 0.05) is 0 Å². The van der Waals surface area contributed by atoms with Gasteiger partial charge in [-0.05, 0) is 0 Å². The van der Waals surface area contributed by atoms with E-state index < -0.39 is 24.1 Å². The van der Waals surface area contributed by atoms with Crippen LogP contribution < -0.4 is 0 Å². The molecule has 0 spiro atoms. The van der Waals surface area contributed by atoms with Crippen LogP contribution in [0.2, 0.25) is 0 Å². The van der Waals surface area contributed by atoms with Crippen LogP contribution in [0, 0.1) is 11.8 Å². The van der Waals surface area contributed by atoms with E-state index in [0.29, 0.717) is 0 Å². The number of unbranched alkanes of at least 4 members (excludes halogenated alkanes) is 4. The molecule has 2 unspecified atom stereocenters. The third kappa shape index (κ3) is 11.1. The van der Waals surface area contributed by atoms with Crippen molar-refractivity contribution in [1.29, 1.82) is 0 Å². The Labute approximate surface area is 154 Å². The molecule has 0 saturated heterocycles. The molecule has 23 heavy (non-hydrogen) atoms. The molecule has 135 valence electrons. The van der Waals surface area contributed by atoms with Gasteiger partial charge in [-0.3, -0.25) is 0 Å². The topological polar surface area (TPSA) is 52.6 Å². The van der Waals surface area contributed by atoms with Crippen molar-refractivity contribution in [1.82, 2.24) is 0 Å². The van der Waals surface area contributed by atoms with Crippen molar-refractivity contribution in [3.05, 3.63) is 0 Å². The van der Waals surface area contributed by atoms with Crippen LogP contribution in [0.4, 0.5) is 0 Å². The van der Waals surface area contributed by atoms with E-state index in [-0.39, 0.29) is 23.8 Å². The molecule has 0 bridgehead atoms. The molecular weight excluding hydrogens is 489 g/mol. The number of hydrogen-bond donors (Lipinski definition) is 0. The summed E-state index contributed by atoms with van der Waals surface area (Å²) in [5.41, 5.74) is 0. The summed E-state index contributed by atoms with van der Waals surface area (Å²) in [4.78, 5) is 24.1. The monoisotopic (exact) mass is 523 g/mol. The molecule has 2 atom stereocenters. The zero-order valence-electron chi connectivity index (χ0n) is 15.3. The Morgan fingerprint density at radius 1 is 0.739 bits per heavy atom. The number of hydrogen-bond acceptors (Lipinski definition) is 4. The predicted molar refractivity (Wildman–Crippen MR) is 93.8 cm³/mol. The standard InChI is InChI=1S/2C9H18O2.Bi/c2*1-3-5-6-7-8(4-2)9(10)11;/h2*8H,3-7H2,1-2H3,(H,10,11);/q;;+2/p-2. The van der Waals surface area contributed by atoms with Gasteiger partial charge in [0.15, 0.2) is 0 Å². The first kappa shape index (κ1) is 22.8. The fourth-order valence-corrected chi connectivity index (χ4v) is 4.37. The summed E-state index contributed by atoms with van der Waals surface area (Å²) < 4.78 is 10.6. The maximum atomic E-state index is 12.0. The van der Waals surface area contributed by atoms with Gasteiger partial charge in [-0.2, -0.15) is 0 Å². The van der Waals surface area contributed by atoms with E-state index >= 15 is 0 Å². The quantitative estimate of drug-likeness (QED) is 0.242. The molecule has 0 fully saturated rings. The molecular formula is C18H34BiO4. The fraction of sp³-hybridized carbons (Fsp3) is 0.889. The van der Waals surface area contributed by atoms with E-state index in [0.717, 1.165) is 64.2 Å². The van der Waals surface area contributed by atoms with E-state index in [1.807, 2.05) is 13.8 Å². The summed E-state index contributed by atoms with van der Waals surface area (Å²) in [6.07, 6.45) is 10.1. The van der Waals surface area contributed by atoms with Gasteiger partial charge in [0.25, 0.3) is 0 Å². The van der Waals surface area contributed by atoms with Crippen LogP contribution in [0.1, 0.15) is 91.9 Å². The van der Waals surface area contributed by atoms with Crippen LogP contribution in [-0.4, -0.2) is 36.1 Å². The molecule has 0 aliphatic carbocycles. The molecule has 0 amide bonds. The number of rotatable bonds is 14. The van der Waals surface area contributed by atoms with Crippen LogP contribution >= 0.6 is 0 Å². The summed E-state index contributed by atoms with van der Waals surface area (Å²) in [6, 6.07) is 0. The third-order valence-electron chi connectivity index (χ3n) is 4.22. The number of carbonyl (C=O) groups excluding carboxylic acids is 2. The molecule has 0 aromatic carbocycles. The van der Waals surface area contributed by atoms with Gasteiger partial charge in [-0.1, -0.05) is 0 Å². The molecule has 1 radical (unpaired) electrons. The average Bonchev–Trinajstić information content (AvgIpc) is 2.55. The Hall–Kier alpha value is -0.177. The van der Waals surface area contributed by atoms with Gasteiger partial charge in [-0.25, -0.2) is 0 Å². The summed E-state index contributed by atoms with van der Waals surface area (Å²) in [5.74, 6) is -0.384. The molecule has 0 heterocycles. The Balaban J connectivity index is 4.04. The fourth-order valence-electron chi connectivity index (χ4n) is 2.50. The van der Waals surface area contributed by atoms with Crippen molar-refractivity contribution in [3.63, 3.8) is 0 Å². The van der Waals surface area contributed by atoms with Crippen molar-refractivity contribution in [2.75, 3.05) is 0 Å². The maximum absolute atomic E-state index is 12.0. The first-order chi connectivity index (χ1) is 11.1. The van der Waals surface area contributed by atoms with Gasteiger partial charge < -0.3 is 0 Å². The summed E-state index contributed by atoms with van der Waals surface area (Å²) >= 11 is -1.93. The SMILES string of the molecule is CCCCCC(CC)C(=O)[O][Bi][O]C(=O)C(CC)CCCCC. The van der Waals surface area contributed by atoms with Crippen molar-refractivity contribution in [3.8, 4) is 0 Å². The van der Waals surface area contributed by atoms with Gasteiger partial charge in [0.05, 0.1) is 0 Å². The number of carbonyl (C=O) groups is 2. The van der Waals surface area contributed by atoms with E-state index in [4.69, 9.17) is 5.63 Å². The van der Waals surface area contributed by atoms with Crippen LogP contribution in [-0.2, 0) is 15.2 Å². The predicted octanol–water partition coefficient (Wildman–Crippen LogP) is 4.82. The van der Waals surface area contributed by atoms with E-state index in [1.165, 1.54) is 0 Å². The average molecular weight is 523 g/mol. The Morgan fingerprint density at radius 2 is 1.13 bits per heavy atom. The minimum absolute atomic E-state index is 0.0319. The second kappa shape index (κ2) is 15.4. The molecule has 0 aliphatic rings. The minimum atomic E-state index is -1.93. The Kier molecular flexibility index (Phi) is 15.2. The second-order valence-corrected chi connectivity index (χ2v) is 8.10. The van der Waals surface area contributed by atoms with Gasteiger partial charge in [0.2, 0.25) is 0 Å². The molecule has 0 rings (SSSR count). The normalized spacial score (nSPS) is 13.4. The van der Waals surface area contributed by atoms with Crippen LogP contribution in [0.5, 0.6) is 0 Å². The Morgan fingerprint density at radius 3 is 1.43 bits per heavy atom. The molecule has 0 N–H and O–H groups in total. The second-order valence-electron chi connectivity index (χ2n) is 6.10. The van der Waals surface area contributed by atoms with Crippen LogP contribution in [0.3, 0.4) is 0 Å². The van der Waals surface area contributed by atoms with Gasteiger partial charge >= 0.3 is 155 Å². The van der Waals surface area contributed by atoms with Crippen molar-refractivity contribution >= 4 is 36.1 Å². The van der Waals surface area contributed by atoms with Crippen molar-refractivity contribution in [2.24, 2.45) is 11.8 Å². The molecule has 5 heteroatoms. The summed E-state index contributed by atoms with van der Waals surface area (Å²) in [5, 5.41) is 0. The van der Waals surface area contributed by atoms with E-state index in [9.17, 15) is 9.59 Å². The summed E-state index contributed by atoms with van der Waals surface area (Å²) in [6.45, 7) is 8.32. The Bertz CT molecular complexity index is 290. The molecule has 0 saturated carbocycles. The van der Waals surface area contributed by atoms with Crippen LogP contribution in [0.15, 0.2) is 0 Å². The molecule has 0 aliphatic heterocycles. The molecule has 0 aromatic rings. The van der Waals surface area contributed by atoms with Crippen LogP contribution in [0.25, 0.3) is 0 Å². The zero-order valence-corrected chi connectivity index (χ0v) is 18.8. The van der Waals surface area contributed by atoms with Gasteiger partial charge in [-0.15, -0.1) is 0 Å². The van der Waals surface area contributed by atoms with Crippen molar-refractivity contribution in [2.45, 2.75) is 91.9 Å². The van der Waals surface area contributed by atoms with E-state index in [1.54, 1.807) is 0 Å². The zero-order chi connectivity index (χ0) is 17.5. The third-order valence-corrected chi connectivity index (χ3v) is 6.20. The van der Waals surface area contributed by atoms with Crippen molar-refractivity contribution < 1.29 is 15.2 Å². The van der Waals surface area contributed by atoms with Gasteiger partial charge in [0.1, 0.15) is 0 Å².